The molecule has 3 rings (SSSR count). The first kappa shape index (κ1) is 27.9. The van der Waals surface area contributed by atoms with Crippen LogP contribution in [0.4, 0.5) is 11.4 Å². The van der Waals surface area contributed by atoms with E-state index in [0.29, 0.717) is 16.8 Å². The number of rotatable bonds is 9. The van der Waals surface area contributed by atoms with Crippen LogP contribution in [0.15, 0.2) is 66.7 Å². The number of likely N-dealkylation sites (N-methyl/N-ethyl adjacent to an activating group) is 2. The third-order valence-corrected chi connectivity index (χ3v) is 6.02. The summed E-state index contributed by atoms with van der Waals surface area (Å²) in [6.45, 7) is 12.1. The lowest BCUT2D eigenvalue weighted by Crippen LogP contribution is -2.31. The average molecular weight is 502 g/mol. The molecule has 0 radical (unpaired) electrons. The number of esters is 1. The predicted molar refractivity (Wildman–Crippen MR) is 153 cm³/mol. The standard InChI is InChI=1S/C31H39N3O3/c1-8-34(19-18-33(6)7)25-16-14-22(2)27(21-25)29(35)32-28-20-24(23-12-10-9-11-13-23)15-17-26(28)30(36)37-31(3,4)5/h9-17,20-21H,8,18-19H2,1-7H3,(H,32,35). The molecule has 0 unspecified atom stereocenters. The molecular weight excluding hydrogens is 462 g/mol. The molecule has 0 aromatic heterocycles. The number of hydrogen-bond acceptors (Lipinski definition) is 5. The van der Waals surface area contributed by atoms with Gasteiger partial charge >= 0.3 is 5.97 Å². The molecule has 0 heterocycles. The van der Waals surface area contributed by atoms with Crippen molar-refractivity contribution in [1.29, 1.82) is 0 Å². The van der Waals surface area contributed by atoms with E-state index < -0.39 is 11.6 Å². The van der Waals surface area contributed by atoms with Crippen LogP contribution in [0.5, 0.6) is 0 Å². The summed E-state index contributed by atoms with van der Waals surface area (Å²) in [4.78, 5) is 31.0. The number of ether oxygens (including phenoxy) is 1. The molecule has 0 aliphatic rings. The molecule has 37 heavy (non-hydrogen) atoms. The average Bonchev–Trinajstić information content (AvgIpc) is 2.84. The molecule has 0 saturated heterocycles. The van der Waals surface area contributed by atoms with Crippen molar-refractivity contribution in [3.05, 3.63) is 83.4 Å². The van der Waals surface area contributed by atoms with Crippen LogP contribution in [0.1, 0.15) is 54.0 Å². The Hall–Kier alpha value is -3.64. The molecule has 0 bridgehead atoms. The molecule has 0 saturated carbocycles. The summed E-state index contributed by atoms with van der Waals surface area (Å²) < 4.78 is 5.63. The van der Waals surface area contributed by atoms with Gasteiger partial charge in [-0.1, -0.05) is 42.5 Å². The molecule has 0 spiro atoms. The molecule has 1 N–H and O–H groups in total. The third-order valence-electron chi connectivity index (χ3n) is 6.02. The first-order valence-electron chi connectivity index (χ1n) is 12.7. The number of anilines is 2. The number of amides is 1. The number of carbonyl (C=O) groups excluding carboxylic acids is 2. The zero-order valence-corrected chi connectivity index (χ0v) is 23.1. The van der Waals surface area contributed by atoms with Gasteiger partial charge in [-0.3, -0.25) is 4.79 Å². The quantitative estimate of drug-likeness (QED) is 0.351. The van der Waals surface area contributed by atoms with Gasteiger partial charge in [0.05, 0.1) is 11.3 Å². The van der Waals surface area contributed by atoms with Crippen LogP contribution >= 0.6 is 0 Å². The molecule has 6 nitrogen and oxygen atoms in total. The second kappa shape index (κ2) is 12.1. The molecule has 0 atom stereocenters. The normalized spacial score (nSPS) is 11.4. The highest BCUT2D eigenvalue weighted by atomic mass is 16.6. The molecule has 196 valence electrons. The molecule has 3 aromatic rings. The van der Waals surface area contributed by atoms with Gasteiger partial charge in [0.2, 0.25) is 0 Å². The van der Waals surface area contributed by atoms with Gasteiger partial charge in [-0.15, -0.1) is 0 Å². The summed E-state index contributed by atoms with van der Waals surface area (Å²) in [6.07, 6.45) is 0. The lowest BCUT2D eigenvalue weighted by molar-refractivity contribution is 0.00708. The molecule has 0 aliphatic carbocycles. The maximum Gasteiger partial charge on any atom is 0.340 e. The third kappa shape index (κ3) is 7.67. The minimum absolute atomic E-state index is 0.266. The fourth-order valence-corrected chi connectivity index (χ4v) is 4.00. The minimum atomic E-state index is -0.655. The second-order valence-electron chi connectivity index (χ2n) is 10.5. The molecule has 6 heteroatoms. The Balaban J connectivity index is 1.98. The van der Waals surface area contributed by atoms with E-state index in [-0.39, 0.29) is 5.91 Å². The van der Waals surface area contributed by atoms with Crippen molar-refractivity contribution >= 4 is 23.3 Å². The lowest BCUT2D eigenvalue weighted by atomic mass is 10.0. The Morgan fingerprint density at radius 1 is 0.865 bits per heavy atom. The largest absolute Gasteiger partial charge is 0.456 e. The minimum Gasteiger partial charge on any atom is -0.456 e. The topological polar surface area (TPSA) is 61.9 Å². The van der Waals surface area contributed by atoms with Crippen molar-refractivity contribution in [2.24, 2.45) is 0 Å². The maximum atomic E-state index is 13.6. The number of benzene rings is 3. The van der Waals surface area contributed by atoms with Gasteiger partial charge in [-0.2, -0.15) is 0 Å². The fourth-order valence-electron chi connectivity index (χ4n) is 4.00. The number of nitrogens with zero attached hydrogens (tertiary/aromatic N) is 2. The van der Waals surface area contributed by atoms with Crippen LogP contribution in [0.25, 0.3) is 11.1 Å². The number of nitrogens with one attached hydrogen (secondary N) is 1. The highest BCUT2D eigenvalue weighted by Gasteiger charge is 2.23. The SMILES string of the molecule is CCN(CCN(C)C)c1ccc(C)c(C(=O)Nc2cc(-c3ccccc3)ccc2C(=O)OC(C)(C)C)c1. The molecule has 0 aliphatic heterocycles. The first-order valence-corrected chi connectivity index (χ1v) is 12.7. The van der Waals surface area contributed by atoms with Crippen molar-refractivity contribution in [3.63, 3.8) is 0 Å². The molecule has 3 aromatic carbocycles. The van der Waals surface area contributed by atoms with Crippen LogP contribution in [0, 0.1) is 6.92 Å². The summed E-state index contributed by atoms with van der Waals surface area (Å²) in [5, 5.41) is 3.01. The van der Waals surface area contributed by atoms with Crippen LogP contribution in [0.2, 0.25) is 0 Å². The summed E-state index contributed by atoms with van der Waals surface area (Å²) in [5.74, 6) is -0.744. The van der Waals surface area contributed by atoms with Crippen LogP contribution in [-0.4, -0.2) is 56.1 Å². The fraction of sp³-hybridized carbons (Fsp3) is 0.355. The summed E-state index contributed by atoms with van der Waals surface area (Å²) in [6, 6.07) is 21.2. The Kier molecular flexibility index (Phi) is 9.11. The van der Waals surface area contributed by atoms with Gasteiger partial charge in [-0.25, -0.2) is 4.79 Å². The Morgan fingerprint density at radius 2 is 1.57 bits per heavy atom. The van der Waals surface area contributed by atoms with E-state index in [1.54, 1.807) is 6.07 Å². The Bertz CT molecular complexity index is 1230. The summed E-state index contributed by atoms with van der Waals surface area (Å²) in [5.41, 5.74) is 4.40. The maximum absolute atomic E-state index is 13.6. The van der Waals surface area contributed by atoms with Gasteiger partial charge < -0.3 is 19.9 Å². The smallest absolute Gasteiger partial charge is 0.340 e. The lowest BCUT2D eigenvalue weighted by Gasteiger charge is -2.26. The Labute approximate surface area is 221 Å². The summed E-state index contributed by atoms with van der Waals surface area (Å²) >= 11 is 0. The van der Waals surface area contributed by atoms with E-state index in [9.17, 15) is 9.59 Å². The number of carbonyl (C=O) groups is 2. The molecular formula is C31H39N3O3. The van der Waals surface area contributed by atoms with Gasteiger partial charge in [0.25, 0.3) is 5.91 Å². The van der Waals surface area contributed by atoms with E-state index in [0.717, 1.165) is 42.0 Å². The number of hydrogen-bond donors (Lipinski definition) is 1. The highest BCUT2D eigenvalue weighted by molar-refractivity contribution is 6.09. The first-order chi connectivity index (χ1) is 17.5. The predicted octanol–water partition coefficient (Wildman–Crippen LogP) is 6.26. The number of aryl methyl sites for hydroxylation is 1. The van der Waals surface area contributed by atoms with Crippen LogP contribution in [0.3, 0.4) is 0 Å². The van der Waals surface area contributed by atoms with Crippen molar-refractivity contribution in [3.8, 4) is 11.1 Å². The Morgan fingerprint density at radius 3 is 2.19 bits per heavy atom. The molecule has 1 amide bonds. The zero-order valence-electron chi connectivity index (χ0n) is 23.1. The zero-order chi connectivity index (χ0) is 27.2. The summed E-state index contributed by atoms with van der Waals surface area (Å²) in [7, 11) is 4.10. The van der Waals surface area contributed by atoms with E-state index in [1.165, 1.54) is 0 Å². The van der Waals surface area contributed by atoms with Gasteiger partial charge in [0.1, 0.15) is 5.60 Å². The van der Waals surface area contributed by atoms with E-state index in [2.05, 4.69) is 22.0 Å². The highest BCUT2D eigenvalue weighted by Crippen LogP contribution is 2.29. The van der Waals surface area contributed by atoms with E-state index in [4.69, 9.17) is 4.74 Å². The van der Waals surface area contributed by atoms with Crippen molar-refractivity contribution in [2.75, 3.05) is 43.9 Å². The van der Waals surface area contributed by atoms with Gasteiger partial charge in [0, 0.05) is 30.9 Å². The van der Waals surface area contributed by atoms with Crippen LogP contribution in [-0.2, 0) is 4.74 Å². The van der Waals surface area contributed by atoms with Gasteiger partial charge in [0.15, 0.2) is 0 Å². The van der Waals surface area contributed by atoms with E-state index >= 15 is 0 Å². The molecule has 0 fully saturated rings. The van der Waals surface area contributed by atoms with Crippen molar-refractivity contribution < 1.29 is 14.3 Å². The van der Waals surface area contributed by atoms with Crippen LogP contribution < -0.4 is 10.2 Å². The second-order valence-corrected chi connectivity index (χ2v) is 10.5. The van der Waals surface area contributed by atoms with Gasteiger partial charge in [-0.05, 0) is 89.7 Å². The van der Waals surface area contributed by atoms with Crippen molar-refractivity contribution in [2.45, 2.75) is 40.2 Å². The monoisotopic (exact) mass is 501 g/mol. The van der Waals surface area contributed by atoms with E-state index in [1.807, 2.05) is 102 Å². The van der Waals surface area contributed by atoms with Crippen molar-refractivity contribution in [1.82, 2.24) is 4.90 Å².